The predicted octanol–water partition coefficient (Wildman–Crippen LogP) is 6.56. The van der Waals surface area contributed by atoms with E-state index in [2.05, 4.69) is 18.9 Å². The maximum Gasteiger partial charge on any atom is 0.460 e. The molecule has 0 bridgehead atoms. The predicted molar refractivity (Wildman–Crippen MR) is 106 cm³/mol. The van der Waals surface area contributed by atoms with E-state index in [1.54, 1.807) is 0 Å². The van der Waals surface area contributed by atoms with Crippen molar-refractivity contribution >= 4 is 0 Å². The Morgan fingerprint density at radius 3 is 1.39 bits per heavy atom. The van der Waals surface area contributed by atoms with E-state index in [1.807, 2.05) is 0 Å². The van der Waals surface area contributed by atoms with E-state index in [0.29, 0.717) is 6.92 Å². The quantitative estimate of drug-likeness (QED) is 0.168. The van der Waals surface area contributed by atoms with Gasteiger partial charge >= 0.3 is 48.6 Å². The highest BCUT2D eigenvalue weighted by Crippen LogP contribution is 2.56. The topological polar surface area (TPSA) is 43.4 Å². The Hall–Kier alpha value is -1.64. The highest BCUT2D eigenvalue weighted by atomic mass is 19.4. The van der Waals surface area contributed by atoms with Gasteiger partial charge in [-0.05, 0) is 13.8 Å². The molecular weight excluding hydrogens is 712 g/mol. The van der Waals surface area contributed by atoms with E-state index in [1.165, 1.54) is 0 Å². The van der Waals surface area contributed by atoms with Gasteiger partial charge in [0, 0.05) is 13.1 Å². The molecule has 0 aliphatic carbocycles. The summed E-state index contributed by atoms with van der Waals surface area (Å²) in [5, 5.41) is 0. The average Bonchev–Trinajstić information content (AvgIpc) is 2.81. The molecule has 0 aromatic carbocycles. The molecule has 26 heteroatoms. The third-order valence-corrected chi connectivity index (χ3v) is 6.64. The van der Waals surface area contributed by atoms with Crippen LogP contribution in [-0.2, 0) is 18.9 Å². The zero-order valence-corrected chi connectivity index (χ0v) is 22.5. The summed E-state index contributed by atoms with van der Waals surface area (Å²) in [6.45, 7) is -11.7. The van der Waals surface area contributed by atoms with E-state index >= 15 is 4.39 Å². The molecule has 2 heterocycles. The summed E-state index contributed by atoms with van der Waals surface area (Å²) in [7, 11) is 0. The largest absolute Gasteiger partial charge is 0.460 e. The van der Waals surface area contributed by atoms with Gasteiger partial charge in [-0.25, -0.2) is 18.6 Å². The molecule has 2 aliphatic heterocycles. The van der Waals surface area contributed by atoms with Gasteiger partial charge in [-0.3, -0.25) is 0 Å². The van der Waals surface area contributed by atoms with Gasteiger partial charge in [0.1, 0.15) is 6.10 Å². The molecule has 6 nitrogen and oxygen atoms in total. The van der Waals surface area contributed by atoms with Gasteiger partial charge in [-0.2, -0.15) is 79.0 Å². The Morgan fingerprint density at radius 1 is 0.587 bits per heavy atom. The Morgan fingerprint density at radius 2 is 1.00 bits per heavy atom. The van der Waals surface area contributed by atoms with Crippen LogP contribution in [-0.4, -0.2) is 122 Å². The monoisotopic (exact) mass is 732 g/mol. The number of morpholine rings is 2. The summed E-state index contributed by atoms with van der Waals surface area (Å²) in [4.78, 5) is -2.23. The van der Waals surface area contributed by atoms with Crippen molar-refractivity contribution in [3.05, 3.63) is 0 Å². The van der Waals surface area contributed by atoms with Crippen molar-refractivity contribution in [1.29, 1.82) is 0 Å². The zero-order chi connectivity index (χ0) is 36.4. The lowest BCUT2D eigenvalue weighted by molar-refractivity contribution is -0.466. The molecule has 274 valence electrons. The first kappa shape index (κ1) is 40.5. The molecular formula is C20H20F20N2O4. The van der Waals surface area contributed by atoms with Crippen molar-refractivity contribution in [2.24, 2.45) is 0 Å². The number of alkyl halides is 20. The lowest BCUT2D eigenvalue weighted by atomic mass is 9.90. The third-order valence-electron chi connectivity index (χ3n) is 6.64. The van der Waals surface area contributed by atoms with Crippen LogP contribution in [0.3, 0.4) is 0 Å². The Kier molecular flexibility index (Phi) is 10.6. The van der Waals surface area contributed by atoms with Gasteiger partial charge in [0.05, 0.1) is 32.4 Å². The minimum absolute atomic E-state index is 0.149. The Balaban J connectivity index is 2.49. The smallest absolute Gasteiger partial charge is 0.347 e. The summed E-state index contributed by atoms with van der Waals surface area (Å²) in [5.74, 6) is -8.46. The summed E-state index contributed by atoms with van der Waals surface area (Å²) >= 11 is 0. The molecule has 2 rings (SSSR count). The van der Waals surface area contributed by atoms with Crippen molar-refractivity contribution < 1.29 is 107 Å². The highest BCUT2D eigenvalue weighted by molar-refractivity contribution is 5.10. The normalized spacial score (nSPS) is 29.3. The van der Waals surface area contributed by atoms with Gasteiger partial charge in [0.15, 0.2) is 5.79 Å². The molecule has 4 unspecified atom stereocenters. The number of hydrogen-bond acceptors (Lipinski definition) is 6. The molecule has 2 aliphatic rings. The maximum atomic E-state index is 15.2. The summed E-state index contributed by atoms with van der Waals surface area (Å²) in [5.41, 5.74) is -13.3. The molecule has 0 aromatic heterocycles. The fourth-order valence-electron chi connectivity index (χ4n) is 4.64. The Labute approximate surface area is 243 Å². The van der Waals surface area contributed by atoms with Crippen LogP contribution in [0.4, 0.5) is 87.8 Å². The van der Waals surface area contributed by atoms with Crippen LogP contribution in [0.5, 0.6) is 0 Å². The van der Waals surface area contributed by atoms with Crippen molar-refractivity contribution in [3.8, 4) is 0 Å². The minimum atomic E-state index is -7.14. The fourth-order valence-corrected chi connectivity index (χ4v) is 4.64. The Bertz CT molecular complexity index is 1020. The average molecular weight is 732 g/mol. The SMILES string of the molecule is CC1CN(C(F)(F)F)CC(OCCOC2(C)CN(C(F)(F)F)CC(C(F)(C(F)(F)F)C(F)(F)F)O2)(C(F)(C(F)(F)F)C(F)(F)F)O1. The van der Waals surface area contributed by atoms with Gasteiger partial charge in [0.2, 0.25) is 5.79 Å². The van der Waals surface area contributed by atoms with E-state index < -0.39 is 122 Å². The molecule has 0 saturated carbocycles. The van der Waals surface area contributed by atoms with E-state index in [-0.39, 0.29) is 6.92 Å². The second kappa shape index (κ2) is 12.0. The van der Waals surface area contributed by atoms with Crippen LogP contribution in [0.25, 0.3) is 0 Å². The van der Waals surface area contributed by atoms with Gasteiger partial charge < -0.3 is 18.9 Å². The molecule has 0 aromatic rings. The van der Waals surface area contributed by atoms with Crippen LogP contribution in [0.2, 0.25) is 0 Å². The number of rotatable bonds is 7. The molecule has 2 fully saturated rings. The lowest BCUT2D eigenvalue weighted by Gasteiger charge is -2.51. The van der Waals surface area contributed by atoms with Crippen molar-refractivity contribution in [3.63, 3.8) is 0 Å². The van der Waals surface area contributed by atoms with Crippen molar-refractivity contribution in [1.82, 2.24) is 9.80 Å². The van der Waals surface area contributed by atoms with Crippen LogP contribution in [0, 0.1) is 0 Å². The van der Waals surface area contributed by atoms with E-state index in [4.69, 9.17) is 0 Å². The standard InChI is InChI=1S/C20H20F20N2O4/c1-9-5-41(19(35,36)37)8-12(45-9,14(22,17(29,30)31)18(32,33)34)44-4-3-43-11(2)7-42(20(38,39)40)6-10(46-11)13(21,15(23,24)25)16(26,27)28/h9-10H,3-8H2,1-2H3. The number of hydrogen-bond donors (Lipinski definition) is 0. The van der Waals surface area contributed by atoms with Crippen molar-refractivity contribution in [2.45, 2.75) is 86.3 Å². The van der Waals surface area contributed by atoms with E-state index in [9.17, 15) is 83.4 Å². The first-order chi connectivity index (χ1) is 20.1. The second-order valence-corrected chi connectivity index (χ2v) is 10.2. The maximum absolute atomic E-state index is 15.2. The number of halogens is 20. The molecule has 46 heavy (non-hydrogen) atoms. The molecule has 0 N–H and O–H groups in total. The minimum Gasteiger partial charge on any atom is -0.347 e. The van der Waals surface area contributed by atoms with Crippen LogP contribution >= 0.6 is 0 Å². The van der Waals surface area contributed by atoms with Gasteiger partial charge in [-0.15, -0.1) is 0 Å². The summed E-state index contributed by atoms with van der Waals surface area (Å²) in [6.07, 6.45) is -46.3. The van der Waals surface area contributed by atoms with Gasteiger partial charge in [-0.1, -0.05) is 0 Å². The molecule has 0 radical (unpaired) electrons. The third kappa shape index (κ3) is 7.49. The summed E-state index contributed by atoms with van der Waals surface area (Å²) < 4.78 is 288. The van der Waals surface area contributed by atoms with E-state index in [0.717, 1.165) is 0 Å². The van der Waals surface area contributed by atoms with Gasteiger partial charge in [0.25, 0.3) is 0 Å². The first-order valence-corrected chi connectivity index (χ1v) is 12.0. The molecule has 2 saturated heterocycles. The van der Waals surface area contributed by atoms with Crippen molar-refractivity contribution in [2.75, 3.05) is 39.4 Å². The van der Waals surface area contributed by atoms with Crippen LogP contribution < -0.4 is 0 Å². The van der Waals surface area contributed by atoms with Crippen LogP contribution in [0.15, 0.2) is 0 Å². The zero-order valence-electron chi connectivity index (χ0n) is 22.5. The molecule has 4 atom stereocenters. The number of ether oxygens (including phenoxy) is 4. The highest BCUT2D eigenvalue weighted by Gasteiger charge is 2.85. The fraction of sp³-hybridized carbons (Fsp3) is 1.00. The summed E-state index contributed by atoms with van der Waals surface area (Å²) in [6, 6.07) is 0. The second-order valence-electron chi connectivity index (χ2n) is 10.2. The molecule has 0 amide bonds. The van der Waals surface area contributed by atoms with Crippen LogP contribution in [0.1, 0.15) is 13.8 Å². The molecule has 0 spiro atoms. The first-order valence-electron chi connectivity index (χ1n) is 12.0. The number of nitrogens with zero attached hydrogens (tertiary/aromatic N) is 2. The lowest BCUT2D eigenvalue weighted by Crippen LogP contribution is -2.76.